The zero-order valence-corrected chi connectivity index (χ0v) is 14.8. The van der Waals surface area contributed by atoms with Gasteiger partial charge in [-0.3, -0.25) is 9.79 Å². The van der Waals surface area contributed by atoms with E-state index in [1.807, 2.05) is 43.0 Å². The Bertz CT molecular complexity index is 574. The molecule has 132 valence electrons. The SMILES string of the molecule is CCC(=O)N1CCC(NC(=NC)NCCOc2cccc(C)c2)C1. The van der Waals surface area contributed by atoms with Crippen LogP contribution in [0.5, 0.6) is 5.75 Å². The second kappa shape index (κ2) is 9.15. The summed E-state index contributed by atoms with van der Waals surface area (Å²) in [6, 6.07) is 8.26. The van der Waals surface area contributed by atoms with Crippen LogP contribution in [0.15, 0.2) is 29.3 Å². The summed E-state index contributed by atoms with van der Waals surface area (Å²) in [5.41, 5.74) is 1.19. The van der Waals surface area contributed by atoms with Gasteiger partial charge < -0.3 is 20.3 Å². The first-order valence-corrected chi connectivity index (χ1v) is 8.56. The third-order valence-electron chi connectivity index (χ3n) is 4.06. The number of hydrogen-bond acceptors (Lipinski definition) is 3. The molecular weight excluding hydrogens is 304 g/mol. The summed E-state index contributed by atoms with van der Waals surface area (Å²) in [6.45, 7) is 6.74. The molecule has 1 aromatic rings. The van der Waals surface area contributed by atoms with Gasteiger partial charge in [0.05, 0.1) is 6.54 Å². The topological polar surface area (TPSA) is 66.0 Å². The molecule has 1 amide bonds. The fraction of sp³-hybridized carbons (Fsp3) is 0.556. The van der Waals surface area contributed by atoms with Crippen LogP contribution in [0.1, 0.15) is 25.3 Å². The number of aliphatic imine (C=N–C) groups is 1. The van der Waals surface area contributed by atoms with Crippen molar-refractivity contribution in [3.05, 3.63) is 29.8 Å². The van der Waals surface area contributed by atoms with E-state index in [0.29, 0.717) is 19.6 Å². The van der Waals surface area contributed by atoms with E-state index in [1.54, 1.807) is 7.05 Å². The number of likely N-dealkylation sites (tertiary alicyclic amines) is 1. The highest BCUT2D eigenvalue weighted by Crippen LogP contribution is 2.12. The number of nitrogens with one attached hydrogen (secondary N) is 2. The molecule has 0 spiro atoms. The highest BCUT2D eigenvalue weighted by Gasteiger charge is 2.25. The highest BCUT2D eigenvalue weighted by molar-refractivity contribution is 5.80. The van der Waals surface area contributed by atoms with Gasteiger partial charge in [-0.05, 0) is 31.0 Å². The molecule has 0 bridgehead atoms. The molecular formula is C18H28N4O2. The number of nitrogens with zero attached hydrogens (tertiary/aromatic N) is 2. The van der Waals surface area contributed by atoms with Gasteiger partial charge in [0.15, 0.2) is 5.96 Å². The van der Waals surface area contributed by atoms with Crippen LogP contribution in [0.3, 0.4) is 0 Å². The largest absolute Gasteiger partial charge is 0.492 e. The van der Waals surface area contributed by atoms with E-state index in [2.05, 4.69) is 15.6 Å². The quantitative estimate of drug-likeness (QED) is 0.471. The summed E-state index contributed by atoms with van der Waals surface area (Å²) < 4.78 is 5.72. The van der Waals surface area contributed by atoms with Crippen molar-refractivity contribution >= 4 is 11.9 Å². The van der Waals surface area contributed by atoms with Crippen LogP contribution >= 0.6 is 0 Å². The summed E-state index contributed by atoms with van der Waals surface area (Å²) in [6.07, 6.45) is 1.52. The van der Waals surface area contributed by atoms with E-state index in [0.717, 1.165) is 31.2 Å². The zero-order valence-electron chi connectivity index (χ0n) is 14.8. The number of benzene rings is 1. The van der Waals surface area contributed by atoms with Crippen molar-refractivity contribution in [3.63, 3.8) is 0 Å². The smallest absolute Gasteiger partial charge is 0.222 e. The number of amides is 1. The summed E-state index contributed by atoms with van der Waals surface area (Å²) >= 11 is 0. The van der Waals surface area contributed by atoms with E-state index in [1.165, 1.54) is 5.56 Å². The molecule has 1 fully saturated rings. The Kier molecular flexibility index (Phi) is 6.90. The maximum atomic E-state index is 11.7. The lowest BCUT2D eigenvalue weighted by Gasteiger charge is -2.18. The van der Waals surface area contributed by atoms with Crippen molar-refractivity contribution in [1.82, 2.24) is 15.5 Å². The number of rotatable bonds is 6. The number of carbonyl (C=O) groups excluding carboxylic acids is 1. The lowest BCUT2D eigenvalue weighted by molar-refractivity contribution is -0.129. The minimum Gasteiger partial charge on any atom is -0.492 e. The third-order valence-corrected chi connectivity index (χ3v) is 4.06. The lowest BCUT2D eigenvalue weighted by Crippen LogP contribution is -2.46. The Morgan fingerprint density at radius 1 is 1.46 bits per heavy atom. The fourth-order valence-electron chi connectivity index (χ4n) is 2.76. The van der Waals surface area contributed by atoms with Crippen molar-refractivity contribution in [3.8, 4) is 5.75 Å². The minimum absolute atomic E-state index is 0.216. The maximum absolute atomic E-state index is 11.7. The number of guanidine groups is 1. The molecule has 1 saturated heterocycles. The van der Waals surface area contributed by atoms with Crippen LogP contribution < -0.4 is 15.4 Å². The Balaban J connectivity index is 1.69. The first-order chi connectivity index (χ1) is 11.6. The Morgan fingerprint density at radius 2 is 2.29 bits per heavy atom. The monoisotopic (exact) mass is 332 g/mol. The molecule has 0 radical (unpaired) electrons. The first-order valence-electron chi connectivity index (χ1n) is 8.56. The third kappa shape index (κ3) is 5.44. The van der Waals surface area contributed by atoms with E-state index in [4.69, 9.17) is 4.74 Å². The van der Waals surface area contributed by atoms with E-state index in [-0.39, 0.29) is 11.9 Å². The molecule has 6 nitrogen and oxygen atoms in total. The van der Waals surface area contributed by atoms with Gasteiger partial charge in [0.2, 0.25) is 5.91 Å². The van der Waals surface area contributed by atoms with Gasteiger partial charge in [0.25, 0.3) is 0 Å². The molecule has 1 unspecified atom stereocenters. The van der Waals surface area contributed by atoms with Gasteiger partial charge in [0, 0.05) is 32.6 Å². The van der Waals surface area contributed by atoms with Gasteiger partial charge >= 0.3 is 0 Å². The summed E-state index contributed by atoms with van der Waals surface area (Å²) in [5, 5.41) is 6.62. The van der Waals surface area contributed by atoms with Gasteiger partial charge in [-0.1, -0.05) is 19.1 Å². The zero-order chi connectivity index (χ0) is 17.4. The Hall–Kier alpha value is -2.24. The van der Waals surface area contributed by atoms with Crippen molar-refractivity contribution in [1.29, 1.82) is 0 Å². The minimum atomic E-state index is 0.216. The number of ether oxygens (including phenoxy) is 1. The molecule has 0 saturated carbocycles. The van der Waals surface area contributed by atoms with Crippen LogP contribution in [0.4, 0.5) is 0 Å². The van der Waals surface area contributed by atoms with Crippen molar-refractivity contribution in [2.45, 2.75) is 32.7 Å². The van der Waals surface area contributed by atoms with Crippen LogP contribution in [-0.2, 0) is 4.79 Å². The average Bonchev–Trinajstić information content (AvgIpc) is 3.05. The van der Waals surface area contributed by atoms with Gasteiger partial charge in [-0.15, -0.1) is 0 Å². The molecule has 2 N–H and O–H groups in total. The predicted octanol–water partition coefficient (Wildman–Crippen LogP) is 1.55. The summed E-state index contributed by atoms with van der Waals surface area (Å²) in [4.78, 5) is 17.9. The van der Waals surface area contributed by atoms with Crippen molar-refractivity contribution in [2.24, 2.45) is 4.99 Å². The normalized spacial score (nSPS) is 17.7. The number of hydrogen-bond donors (Lipinski definition) is 2. The van der Waals surface area contributed by atoms with E-state index >= 15 is 0 Å². The molecule has 24 heavy (non-hydrogen) atoms. The molecule has 0 aromatic heterocycles. The van der Waals surface area contributed by atoms with Gasteiger partial charge in [-0.25, -0.2) is 0 Å². The van der Waals surface area contributed by atoms with Crippen LogP contribution in [0.25, 0.3) is 0 Å². The standard InChI is InChI=1S/C18H28N4O2/c1-4-17(23)22-10-8-15(13-22)21-18(19-3)20-9-11-24-16-7-5-6-14(2)12-16/h5-7,12,15H,4,8-11,13H2,1-3H3,(H2,19,20,21). The van der Waals surface area contributed by atoms with Crippen LogP contribution in [-0.4, -0.2) is 56.1 Å². The van der Waals surface area contributed by atoms with E-state index < -0.39 is 0 Å². The van der Waals surface area contributed by atoms with Gasteiger partial charge in [0.1, 0.15) is 12.4 Å². The van der Waals surface area contributed by atoms with Crippen molar-refractivity contribution < 1.29 is 9.53 Å². The molecule has 1 aliphatic rings. The molecule has 1 aromatic carbocycles. The molecule has 1 aliphatic heterocycles. The molecule has 0 aliphatic carbocycles. The lowest BCUT2D eigenvalue weighted by atomic mass is 10.2. The van der Waals surface area contributed by atoms with Crippen molar-refractivity contribution in [2.75, 3.05) is 33.3 Å². The predicted molar refractivity (Wildman–Crippen MR) is 96.4 cm³/mol. The molecule has 1 atom stereocenters. The highest BCUT2D eigenvalue weighted by atomic mass is 16.5. The summed E-state index contributed by atoms with van der Waals surface area (Å²) in [5.74, 6) is 1.84. The summed E-state index contributed by atoms with van der Waals surface area (Å²) in [7, 11) is 1.75. The van der Waals surface area contributed by atoms with Crippen LogP contribution in [0.2, 0.25) is 0 Å². The number of carbonyl (C=O) groups is 1. The second-order valence-electron chi connectivity index (χ2n) is 5.99. The molecule has 1 heterocycles. The Labute approximate surface area is 144 Å². The first kappa shape index (κ1) is 18.1. The molecule has 6 heteroatoms. The van der Waals surface area contributed by atoms with Crippen LogP contribution in [0, 0.1) is 6.92 Å². The number of aryl methyl sites for hydroxylation is 1. The second-order valence-corrected chi connectivity index (χ2v) is 5.99. The fourth-order valence-corrected chi connectivity index (χ4v) is 2.76. The average molecular weight is 332 g/mol. The Morgan fingerprint density at radius 3 is 3.00 bits per heavy atom. The molecule has 2 rings (SSSR count). The maximum Gasteiger partial charge on any atom is 0.222 e. The van der Waals surface area contributed by atoms with E-state index in [9.17, 15) is 4.79 Å². The van der Waals surface area contributed by atoms with Gasteiger partial charge in [-0.2, -0.15) is 0 Å².